The maximum Gasteiger partial charge on any atom is 0.301 e. The smallest absolute Gasteiger partial charge is 0.258 e. The molecule has 0 aliphatic rings. The van der Waals surface area contributed by atoms with Crippen LogP contribution in [0.5, 0.6) is 0 Å². The Balaban J connectivity index is 2.82. The van der Waals surface area contributed by atoms with Gasteiger partial charge in [0.2, 0.25) is 10.0 Å². The number of hydrogen-bond acceptors (Lipinski definition) is 6. The Kier molecular flexibility index (Phi) is 4.43. The molecule has 9 heteroatoms. The highest BCUT2D eigenvalue weighted by Crippen LogP contribution is 2.27. The third kappa shape index (κ3) is 4.67. The lowest BCUT2D eigenvalue weighted by Gasteiger charge is -2.02. The van der Waals surface area contributed by atoms with Gasteiger partial charge < -0.3 is 0 Å². The Morgan fingerprint density at radius 2 is 2.18 bits per heavy atom. The van der Waals surface area contributed by atoms with E-state index < -0.39 is 14.9 Å². The molecule has 0 aliphatic heterocycles. The third-order valence-corrected chi connectivity index (χ3v) is 3.80. The normalized spacial score (nSPS) is 11.4. The molecule has 94 valence electrons. The largest absolute Gasteiger partial charge is 0.301 e. The molecule has 0 spiro atoms. The van der Waals surface area contributed by atoms with Crippen molar-refractivity contribution >= 4 is 27.5 Å². The van der Waals surface area contributed by atoms with E-state index in [0.29, 0.717) is 5.69 Å². The van der Waals surface area contributed by atoms with Crippen molar-refractivity contribution in [2.24, 2.45) is 5.14 Å². The van der Waals surface area contributed by atoms with Crippen molar-refractivity contribution in [1.82, 2.24) is 4.98 Å². The van der Waals surface area contributed by atoms with Gasteiger partial charge in [0.25, 0.3) is 0 Å². The second-order valence-corrected chi connectivity index (χ2v) is 6.07. The molecule has 0 saturated carbocycles. The number of pyridine rings is 1. The molecule has 1 heterocycles. The first-order valence-corrected chi connectivity index (χ1v) is 7.25. The molecule has 1 aromatic heterocycles. The van der Waals surface area contributed by atoms with Crippen molar-refractivity contribution < 1.29 is 13.3 Å². The molecule has 2 N–H and O–H groups in total. The molecule has 0 saturated heterocycles. The highest BCUT2D eigenvalue weighted by molar-refractivity contribution is 8.00. The number of rotatable bonds is 5. The minimum Gasteiger partial charge on any atom is -0.258 e. The molecule has 0 unspecified atom stereocenters. The number of thioether (sulfide) groups is 1. The van der Waals surface area contributed by atoms with Crippen molar-refractivity contribution in [2.75, 3.05) is 11.5 Å². The number of sulfonamides is 1. The minimum atomic E-state index is -3.56. The Labute approximate surface area is 103 Å². The lowest BCUT2D eigenvalue weighted by atomic mass is 10.3. The van der Waals surface area contributed by atoms with Gasteiger partial charge in [0.05, 0.1) is 10.7 Å². The van der Waals surface area contributed by atoms with Crippen LogP contribution in [-0.2, 0) is 10.0 Å². The quantitative estimate of drug-likeness (QED) is 0.480. The predicted octanol–water partition coefficient (Wildman–Crippen LogP) is 0.679. The van der Waals surface area contributed by atoms with Gasteiger partial charge in [-0.05, 0) is 13.0 Å². The molecule has 0 amide bonds. The predicted molar refractivity (Wildman–Crippen MR) is 64.3 cm³/mol. The fraction of sp³-hybridized carbons (Fsp3) is 0.375. The maximum absolute atomic E-state index is 10.7. The lowest BCUT2D eigenvalue weighted by molar-refractivity contribution is -0.388. The summed E-state index contributed by atoms with van der Waals surface area (Å²) in [6.07, 6.45) is 0. The first kappa shape index (κ1) is 13.9. The van der Waals surface area contributed by atoms with E-state index in [2.05, 4.69) is 4.98 Å². The van der Waals surface area contributed by atoms with Crippen molar-refractivity contribution in [3.8, 4) is 0 Å². The molecule has 0 bridgehead atoms. The number of nitrogens with two attached hydrogens (primary N) is 1. The van der Waals surface area contributed by atoms with Gasteiger partial charge in [-0.25, -0.2) is 18.5 Å². The average Bonchev–Trinajstić information content (AvgIpc) is 2.15. The van der Waals surface area contributed by atoms with Crippen LogP contribution in [0.1, 0.15) is 5.69 Å². The third-order valence-electron chi connectivity index (χ3n) is 1.78. The van der Waals surface area contributed by atoms with Crippen LogP contribution in [-0.4, -0.2) is 29.8 Å². The lowest BCUT2D eigenvalue weighted by Crippen LogP contribution is -2.17. The monoisotopic (exact) mass is 277 g/mol. The van der Waals surface area contributed by atoms with E-state index in [1.807, 2.05) is 0 Å². The summed E-state index contributed by atoms with van der Waals surface area (Å²) in [5.41, 5.74) is 0.503. The Hall–Kier alpha value is -1.19. The van der Waals surface area contributed by atoms with Gasteiger partial charge in [0.1, 0.15) is 0 Å². The maximum atomic E-state index is 10.7. The number of nitro groups is 1. The van der Waals surface area contributed by atoms with Gasteiger partial charge in [-0.2, -0.15) is 0 Å². The molecule has 0 fully saturated rings. The van der Waals surface area contributed by atoms with Crippen LogP contribution in [0.25, 0.3) is 0 Å². The second-order valence-electron chi connectivity index (χ2n) is 3.25. The van der Waals surface area contributed by atoms with Gasteiger partial charge in [0, 0.05) is 17.5 Å². The van der Waals surface area contributed by atoms with Crippen molar-refractivity contribution in [1.29, 1.82) is 0 Å². The van der Waals surface area contributed by atoms with Gasteiger partial charge >= 0.3 is 5.69 Å². The number of hydrogen-bond donors (Lipinski definition) is 1. The first-order valence-electron chi connectivity index (χ1n) is 4.55. The summed E-state index contributed by atoms with van der Waals surface area (Å²) in [5.74, 6) is -0.111. The molecule has 0 aliphatic carbocycles. The Bertz CT molecular complexity index is 530. The van der Waals surface area contributed by atoms with E-state index in [1.165, 1.54) is 12.1 Å². The summed E-state index contributed by atoms with van der Waals surface area (Å²) in [6.45, 7) is 1.70. The molecule has 0 aromatic carbocycles. The minimum absolute atomic E-state index is 0.130. The SMILES string of the molecule is Cc1ccc([N+](=O)[O-])c(SCCS(N)(=O)=O)n1. The fourth-order valence-corrected chi connectivity index (χ4v) is 2.98. The number of nitrogens with zero attached hydrogens (tertiary/aromatic N) is 2. The van der Waals surface area contributed by atoms with Crippen LogP contribution >= 0.6 is 11.8 Å². The molecule has 17 heavy (non-hydrogen) atoms. The fourth-order valence-electron chi connectivity index (χ4n) is 1.03. The highest BCUT2D eigenvalue weighted by atomic mass is 32.2. The van der Waals surface area contributed by atoms with E-state index in [-0.39, 0.29) is 22.2 Å². The van der Waals surface area contributed by atoms with Gasteiger partial charge in [-0.1, -0.05) is 11.8 Å². The molecule has 1 aromatic rings. The van der Waals surface area contributed by atoms with Crippen molar-refractivity contribution in [3.05, 3.63) is 27.9 Å². The summed E-state index contributed by atoms with van der Waals surface area (Å²) in [5, 5.41) is 15.7. The summed E-state index contributed by atoms with van der Waals surface area (Å²) in [6, 6.07) is 2.88. The van der Waals surface area contributed by atoms with E-state index in [0.717, 1.165) is 11.8 Å². The van der Waals surface area contributed by atoms with E-state index >= 15 is 0 Å². The first-order chi connectivity index (χ1) is 7.79. The van der Waals surface area contributed by atoms with E-state index in [9.17, 15) is 18.5 Å². The second kappa shape index (κ2) is 5.43. The van der Waals surface area contributed by atoms with Gasteiger partial charge in [-0.3, -0.25) is 10.1 Å². The average molecular weight is 277 g/mol. The standard InChI is InChI=1S/C8H11N3O4S2/c1-6-2-3-7(11(12)13)8(10-6)16-4-5-17(9,14)15/h2-3H,4-5H2,1H3,(H2,9,14,15). The molecule has 0 atom stereocenters. The van der Waals surface area contributed by atoms with E-state index in [1.54, 1.807) is 6.92 Å². The van der Waals surface area contributed by atoms with E-state index in [4.69, 9.17) is 5.14 Å². The molecular formula is C8H11N3O4S2. The molecule has 0 radical (unpaired) electrons. The summed E-state index contributed by atoms with van der Waals surface area (Å²) < 4.78 is 21.4. The summed E-state index contributed by atoms with van der Waals surface area (Å²) in [7, 11) is -3.56. The van der Waals surface area contributed by atoms with Crippen LogP contribution in [0.3, 0.4) is 0 Å². The van der Waals surface area contributed by atoms with Crippen LogP contribution < -0.4 is 5.14 Å². The summed E-state index contributed by atoms with van der Waals surface area (Å²) in [4.78, 5) is 14.2. The van der Waals surface area contributed by atoms with Crippen LogP contribution in [0.4, 0.5) is 5.69 Å². The topological polar surface area (TPSA) is 116 Å². The molecule has 1 rings (SSSR count). The molecule has 7 nitrogen and oxygen atoms in total. The van der Waals surface area contributed by atoms with Crippen LogP contribution in [0, 0.1) is 17.0 Å². The summed E-state index contributed by atoms with van der Waals surface area (Å²) >= 11 is 1.00. The van der Waals surface area contributed by atoms with Gasteiger partial charge in [-0.15, -0.1) is 0 Å². The number of primary sulfonamides is 1. The zero-order valence-electron chi connectivity index (χ0n) is 8.99. The molecular weight excluding hydrogens is 266 g/mol. The number of aryl methyl sites for hydroxylation is 1. The Morgan fingerprint density at radius 3 is 2.71 bits per heavy atom. The van der Waals surface area contributed by atoms with Crippen LogP contribution in [0.2, 0.25) is 0 Å². The zero-order valence-corrected chi connectivity index (χ0v) is 10.6. The van der Waals surface area contributed by atoms with Crippen molar-refractivity contribution in [2.45, 2.75) is 11.9 Å². The zero-order chi connectivity index (χ0) is 13.1. The van der Waals surface area contributed by atoms with Crippen molar-refractivity contribution in [3.63, 3.8) is 0 Å². The highest BCUT2D eigenvalue weighted by Gasteiger charge is 2.16. The van der Waals surface area contributed by atoms with Gasteiger partial charge in [0.15, 0.2) is 5.03 Å². The number of aromatic nitrogens is 1. The van der Waals surface area contributed by atoms with Crippen LogP contribution in [0.15, 0.2) is 17.2 Å². The Morgan fingerprint density at radius 1 is 1.53 bits per heavy atom.